The predicted molar refractivity (Wildman–Crippen MR) is 97.7 cm³/mol. The molecule has 144 valence electrons. The molecule has 1 aromatic rings. The molecule has 0 aromatic heterocycles. The number of likely N-dealkylation sites (tertiary alicyclic amines) is 1. The van der Waals surface area contributed by atoms with Crippen molar-refractivity contribution in [3.8, 4) is 0 Å². The molecule has 2 fully saturated rings. The zero-order chi connectivity index (χ0) is 17.8. The molecule has 0 bridgehead atoms. The Balaban J connectivity index is 0.00000243. The van der Waals surface area contributed by atoms with Gasteiger partial charge in [0.15, 0.2) is 0 Å². The molecule has 2 aliphatic heterocycles. The van der Waals surface area contributed by atoms with Gasteiger partial charge in [0.05, 0.1) is 12.0 Å². The van der Waals surface area contributed by atoms with E-state index in [0.717, 1.165) is 12.8 Å². The van der Waals surface area contributed by atoms with E-state index in [1.165, 1.54) is 24.3 Å². The van der Waals surface area contributed by atoms with Crippen LogP contribution in [0.15, 0.2) is 24.3 Å². The van der Waals surface area contributed by atoms with E-state index in [-0.39, 0.29) is 41.9 Å². The Kier molecular flexibility index (Phi) is 7.37. The first-order valence-electron chi connectivity index (χ1n) is 8.76. The van der Waals surface area contributed by atoms with Gasteiger partial charge in [-0.3, -0.25) is 9.59 Å². The van der Waals surface area contributed by atoms with Crippen LogP contribution in [-0.4, -0.2) is 60.6 Å². The van der Waals surface area contributed by atoms with Crippen molar-refractivity contribution < 1.29 is 19.1 Å². The normalized spacial score (nSPS) is 25.5. The third-order valence-electron chi connectivity index (χ3n) is 5.01. The largest absolute Gasteiger partial charge is 0.391 e. The molecular formula is C18H25ClFN3O3. The maximum Gasteiger partial charge on any atom is 0.253 e. The van der Waals surface area contributed by atoms with Crippen LogP contribution < -0.4 is 10.6 Å². The molecule has 2 amide bonds. The molecule has 1 aromatic carbocycles. The van der Waals surface area contributed by atoms with Crippen molar-refractivity contribution in [1.82, 2.24) is 15.5 Å². The van der Waals surface area contributed by atoms with Crippen LogP contribution in [0.2, 0.25) is 0 Å². The molecular weight excluding hydrogens is 361 g/mol. The van der Waals surface area contributed by atoms with E-state index in [9.17, 15) is 19.1 Å². The number of nitrogens with one attached hydrogen (secondary N) is 2. The van der Waals surface area contributed by atoms with Gasteiger partial charge in [-0.15, -0.1) is 12.4 Å². The highest BCUT2D eigenvalue weighted by Gasteiger charge is 2.30. The fourth-order valence-corrected chi connectivity index (χ4v) is 3.45. The smallest absolute Gasteiger partial charge is 0.253 e. The number of benzene rings is 1. The van der Waals surface area contributed by atoms with Crippen molar-refractivity contribution in [3.05, 3.63) is 35.6 Å². The number of β-amino-alcohol motifs (C(OH)–C–C–N with tert-alkyl or cyclic N) is 1. The van der Waals surface area contributed by atoms with E-state index >= 15 is 0 Å². The van der Waals surface area contributed by atoms with Crippen molar-refractivity contribution in [2.75, 3.05) is 32.7 Å². The molecule has 3 N–H and O–H groups in total. The minimum Gasteiger partial charge on any atom is -0.391 e. The van der Waals surface area contributed by atoms with Gasteiger partial charge >= 0.3 is 0 Å². The summed E-state index contributed by atoms with van der Waals surface area (Å²) >= 11 is 0. The number of hydrogen-bond donors (Lipinski definition) is 3. The van der Waals surface area contributed by atoms with Gasteiger partial charge in [0.25, 0.3) is 5.91 Å². The van der Waals surface area contributed by atoms with Crippen molar-refractivity contribution in [3.63, 3.8) is 0 Å². The van der Waals surface area contributed by atoms with Gasteiger partial charge in [-0.05, 0) is 37.1 Å². The number of aliphatic hydroxyl groups is 1. The SMILES string of the molecule is Cl.O=C(NCC1CNCC1O)C1CCCN(C(=O)c2ccc(F)cc2)C1. The van der Waals surface area contributed by atoms with Gasteiger partial charge in [0.2, 0.25) is 5.91 Å². The lowest BCUT2D eigenvalue weighted by atomic mass is 9.96. The summed E-state index contributed by atoms with van der Waals surface area (Å²) in [5.41, 5.74) is 0.433. The number of carbonyl (C=O) groups is 2. The molecule has 2 heterocycles. The van der Waals surface area contributed by atoms with Gasteiger partial charge in [0, 0.05) is 44.2 Å². The van der Waals surface area contributed by atoms with Crippen molar-refractivity contribution in [1.29, 1.82) is 0 Å². The highest BCUT2D eigenvalue weighted by atomic mass is 35.5. The highest BCUT2D eigenvalue weighted by Crippen LogP contribution is 2.19. The summed E-state index contributed by atoms with van der Waals surface area (Å²) in [5.74, 6) is -0.839. The number of halogens is 2. The topological polar surface area (TPSA) is 81.7 Å². The van der Waals surface area contributed by atoms with Crippen LogP contribution in [0.25, 0.3) is 0 Å². The minimum atomic E-state index is -0.428. The standard InChI is InChI=1S/C18H24FN3O3.ClH/c19-15-5-3-12(4-6-15)18(25)22-7-1-2-13(11-22)17(24)21-9-14-8-20-10-16(14)23;/h3-6,13-14,16,20,23H,1-2,7-11H2,(H,21,24);1H. The fraction of sp³-hybridized carbons (Fsp3) is 0.556. The monoisotopic (exact) mass is 385 g/mol. The summed E-state index contributed by atoms with van der Waals surface area (Å²) in [6.45, 7) is 2.67. The van der Waals surface area contributed by atoms with Crippen molar-refractivity contribution in [2.24, 2.45) is 11.8 Å². The Bertz CT molecular complexity index is 629. The number of hydrogen-bond acceptors (Lipinski definition) is 4. The number of rotatable bonds is 4. The van der Waals surface area contributed by atoms with Crippen LogP contribution in [0, 0.1) is 17.7 Å². The van der Waals surface area contributed by atoms with Crippen LogP contribution in [-0.2, 0) is 4.79 Å². The molecule has 2 aliphatic rings. The maximum atomic E-state index is 13.0. The molecule has 6 nitrogen and oxygen atoms in total. The predicted octanol–water partition coefficient (Wildman–Crippen LogP) is 0.796. The molecule has 8 heteroatoms. The van der Waals surface area contributed by atoms with Crippen LogP contribution in [0.4, 0.5) is 4.39 Å². The number of piperidine rings is 1. The van der Waals surface area contributed by atoms with Crippen molar-refractivity contribution in [2.45, 2.75) is 18.9 Å². The van der Waals surface area contributed by atoms with Crippen LogP contribution in [0.1, 0.15) is 23.2 Å². The molecule has 0 aliphatic carbocycles. The van der Waals surface area contributed by atoms with E-state index in [4.69, 9.17) is 0 Å². The Labute approximate surface area is 158 Å². The van der Waals surface area contributed by atoms with Crippen LogP contribution in [0.5, 0.6) is 0 Å². The molecule has 0 saturated carbocycles. The molecule has 2 saturated heterocycles. The molecule has 3 atom stereocenters. The van der Waals surface area contributed by atoms with E-state index in [0.29, 0.717) is 38.3 Å². The molecule has 0 spiro atoms. The van der Waals surface area contributed by atoms with Crippen LogP contribution in [0.3, 0.4) is 0 Å². The molecule has 3 rings (SSSR count). The minimum absolute atomic E-state index is 0. The van der Waals surface area contributed by atoms with Gasteiger partial charge in [-0.1, -0.05) is 0 Å². The second-order valence-electron chi connectivity index (χ2n) is 6.83. The first kappa shape index (κ1) is 20.6. The van der Waals surface area contributed by atoms with Gasteiger partial charge < -0.3 is 20.6 Å². The van der Waals surface area contributed by atoms with E-state index in [1.807, 2.05) is 0 Å². The average molecular weight is 386 g/mol. The van der Waals surface area contributed by atoms with Gasteiger partial charge in [-0.25, -0.2) is 4.39 Å². The number of amides is 2. The second kappa shape index (κ2) is 9.30. The third kappa shape index (κ3) is 4.93. The molecule has 26 heavy (non-hydrogen) atoms. The number of carbonyl (C=O) groups excluding carboxylic acids is 2. The summed E-state index contributed by atoms with van der Waals surface area (Å²) < 4.78 is 13.0. The fourth-order valence-electron chi connectivity index (χ4n) is 3.45. The van der Waals surface area contributed by atoms with E-state index in [1.54, 1.807) is 4.90 Å². The lowest BCUT2D eigenvalue weighted by molar-refractivity contribution is -0.126. The number of aliphatic hydroxyl groups excluding tert-OH is 1. The summed E-state index contributed by atoms with van der Waals surface area (Å²) in [4.78, 5) is 26.6. The summed E-state index contributed by atoms with van der Waals surface area (Å²) in [5, 5.41) is 15.8. The Morgan fingerprint density at radius 1 is 1.27 bits per heavy atom. The summed E-state index contributed by atoms with van der Waals surface area (Å²) in [6, 6.07) is 5.47. The maximum absolute atomic E-state index is 13.0. The third-order valence-corrected chi connectivity index (χ3v) is 5.01. The lowest BCUT2D eigenvalue weighted by Gasteiger charge is -2.32. The highest BCUT2D eigenvalue weighted by molar-refractivity contribution is 5.94. The van der Waals surface area contributed by atoms with Crippen molar-refractivity contribution >= 4 is 24.2 Å². The quantitative estimate of drug-likeness (QED) is 0.716. The summed E-state index contributed by atoms with van der Waals surface area (Å²) in [7, 11) is 0. The molecule has 3 unspecified atom stereocenters. The average Bonchev–Trinajstić information content (AvgIpc) is 3.05. The van der Waals surface area contributed by atoms with E-state index in [2.05, 4.69) is 10.6 Å². The first-order valence-corrected chi connectivity index (χ1v) is 8.76. The zero-order valence-electron chi connectivity index (χ0n) is 14.5. The number of nitrogens with zero attached hydrogens (tertiary/aromatic N) is 1. The van der Waals surface area contributed by atoms with Crippen LogP contribution >= 0.6 is 12.4 Å². The summed E-state index contributed by atoms with van der Waals surface area (Å²) in [6.07, 6.45) is 1.08. The Morgan fingerprint density at radius 3 is 2.65 bits per heavy atom. The zero-order valence-corrected chi connectivity index (χ0v) is 15.3. The van der Waals surface area contributed by atoms with Gasteiger partial charge in [0.1, 0.15) is 5.82 Å². The Morgan fingerprint density at radius 2 is 2.00 bits per heavy atom. The Hall–Kier alpha value is -1.70. The van der Waals surface area contributed by atoms with Gasteiger partial charge in [-0.2, -0.15) is 0 Å². The lowest BCUT2D eigenvalue weighted by Crippen LogP contribution is -2.46. The second-order valence-corrected chi connectivity index (χ2v) is 6.83. The molecule has 0 radical (unpaired) electrons. The van der Waals surface area contributed by atoms with E-state index < -0.39 is 6.10 Å². The first-order chi connectivity index (χ1) is 12.0.